The van der Waals surface area contributed by atoms with Crippen LogP contribution < -0.4 is 9.46 Å². The van der Waals surface area contributed by atoms with Gasteiger partial charge in [-0.25, -0.2) is 8.42 Å². The fraction of sp³-hybridized carbons (Fsp3) is 0.350. The van der Waals surface area contributed by atoms with E-state index in [0.717, 1.165) is 5.56 Å². The van der Waals surface area contributed by atoms with Gasteiger partial charge in [0, 0.05) is 13.1 Å². The van der Waals surface area contributed by atoms with Crippen LogP contribution in [0.3, 0.4) is 0 Å². The minimum absolute atomic E-state index is 0.0314. The molecule has 2 aromatic rings. The molecule has 3 rings (SSSR count). The van der Waals surface area contributed by atoms with E-state index in [1.807, 2.05) is 30.3 Å². The van der Waals surface area contributed by atoms with E-state index in [2.05, 4.69) is 4.72 Å². The molecule has 1 fully saturated rings. The van der Waals surface area contributed by atoms with Crippen LogP contribution >= 0.6 is 11.6 Å². The molecule has 9 heteroatoms. The lowest BCUT2D eigenvalue weighted by Gasteiger charge is -2.30. The molecule has 0 aromatic heterocycles. The van der Waals surface area contributed by atoms with E-state index in [1.165, 1.54) is 25.3 Å². The molecule has 1 heterocycles. The molecule has 1 atom stereocenters. The molecule has 1 amide bonds. The lowest BCUT2D eigenvalue weighted by Crippen LogP contribution is -2.52. The van der Waals surface area contributed by atoms with E-state index >= 15 is 0 Å². The molecular formula is C20H23ClN2O5S. The normalized spacial score (nSPS) is 15.7. The van der Waals surface area contributed by atoms with Crippen molar-refractivity contribution in [3.8, 4) is 5.75 Å². The van der Waals surface area contributed by atoms with Crippen molar-refractivity contribution >= 4 is 27.5 Å². The molecule has 0 unspecified atom stereocenters. The van der Waals surface area contributed by atoms with Gasteiger partial charge in [-0.3, -0.25) is 4.79 Å². The number of hydrogen-bond acceptors (Lipinski definition) is 5. The van der Waals surface area contributed by atoms with E-state index in [4.69, 9.17) is 21.1 Å². The number of nitrogens with one attached hydrogen (secondary N) is 1. The number of halogens is 1. The van der Waals surface area contributed by atoms with Crippen molar-refractivity contribution in [2.45, 2.75) is 17.4 Å². The number of methoxy groups -OCH3 is 1. The number of sulfonamides is 1. The molecule has 156 valence electrons. The smallest absolute Gasteiger partial charge is 0.241 e. The lowest BCUT2D eigenvalue weighted by atomic mass is 10.1. The molecule has 1 aliphatic rings. The van der Waals surface area contributed by atoms with Gasteiger partial charge in [0.2, 0.25) is 15.9 Å². The molecular weight excluding hydrogens is 416 g/mol. The Kier molecular flexibility index (Phi) is 7.13. The van der Waals surface area contributed by atoms with Gasteiger partial charge in [-0.1, -0.05) is 41.9 Å². The number of ether oxygens (including phenoxy) is 2. The fourth-order valence-electron chi connectivity index (χ4n) is 3.10. The second-order valence-corrected chi connectivity index (χ2v) is 8.72. The van der Waals surface area contributed by atoms with Gasteiger partial charge in [-0.05, 0) is 30.2 Å². The number of amides is 1. The largest absolute Gasteiger partial charge is 0.495 e. The standard InChI is InChI=1S/C20H23ClN2O5S/c1-27-19-8-7-16(14-17(19)21)29(25,26)22-18(13-15-5-3-2-4-6-15)20(24)23-9-11-28-12-10-23/h2-8,14,18,22H,9-13H2,1H3/t18-/m0/s1. The maximum absolute atomic E-state index is 13.1. The molecule has 0 aliphatic carbocycles. The third-order valence-corrected chi connectivity index (χ3v) is 6.40. The highest BCUT2D eigenvalue weighted by atomic mass is 35.5. The monoisotopic (exact) mass is 438 g/mol. The molecule has 0 bridgehead atoms. The third kappa shape index (κ3) is 5.48. The van der Waals surface area contributed by atoms with Gasteiger partial charge in [0.15, 0.2) is 0 Å². The van der Waals surface area contributed by atoms with Gasteiger partial charge in [0.1, 0.15) is 11.8 Å². The van der Waals surface area contributed by atoms with Crippen molar-refractivity contribution in [1.29, 1.82) is 0 Å². The summed E-state index contributed by atoms with van der Waals surface area (Å²) < 4.78 is 38.9. The highest BCUT2D eigenvalue weighted by molar-refractivity contribution is 7.89. The summed E-state index contributed by atoms with van der Waals surface area (Å²) in [5.41, 5.74) is 0.856. The Hall–Kier alpha value is -2.13. The van der Waals surface area contributed by atoms with Crippen LogP contribution in [0.5, 0.6) is 5.75 Å². The zero-order valence-electron chi connectivity index (χ0n) is 16.0. The first kappa shape index (κ1) is 21.6. The van der Waals surface area contributed by atoms with Gasteiger partial charge in [-0.15, -0.1) is 0 Å². The van der Waals surface area contributed by atoms with Crippen molar-refractivity contribution in [2.75, 3.05) is 33.4 Å². The van der Waals surface area contributed by atoms with E-state index in [-0.39, 0.29) is 22.2 Å². The average Bonchev–Trinajstić information content (AvgIpc) is 2.74. The Morgan fingerprint density at radius 3 is 2.52 bits per heavy atom. The van der Waals surface area contributed by atoms with Crippen molar-refractivity contribution in [3.05, 3.63) is 59.1 Å². The topological polar surface area (TPSA) is 84.9 Å². The summed E-state index contributed by atoms with van der Waals surface area (Å²) in [7, 11) is -2.53. The number of carbonyl (C=O) groups is 1. The minimum atomic E-state index is -3.98. The number of carbonyl (C=O) groups excluding carboxylic acids is 1. The van der Waals surface area contributed by atoms with Gasteiger partial charge < -0.3 is 14.4 Å². The Balaban J connectivity index is 1.86. The summed E-state index contributed by atoms with van der Waals surface area (Å²) in [6.45, 7) is 1.73. The average molecular weight is 439 g/mol. The van der Waals surface area contributed by atoms with E-state index in [9.17, 15) is 13.2 Å². The van der Waals surface area contributed by atoms with Crippen LogP contribution in [-0.4, -0.2) is 58.7 Å². The van der Waals surface area contributed by atoms with Crippen LogP contribution in [0.1, 0.15) is 5.56 Å². The van der Waals surface area contributed by atoms with Crippen molar-refractivity contribution in [2.24, 2.45) is 0 Å². The summed E-state index contributed by atoms with van der Waals surface area (Å²) >= 11 is 6.08. The van der Waals surface area contributed by atoms with Crippen LogP contribution in [0, 0.1) is 0 Å². The molecule has 29 heavy (non-hydrogen) atoms. The molecule has 0 spiro atoms. The van der Waals surface area contributed by atoms with Crippen molar-refractivity contribution < 1.29 is 22.7 Å². The summed E-state index contributed by atoms with van der Waals surface area (Å²) in [4.78, 5) is 14.7. The molecule has 2 aromatic carbocycles. The number of rotatable bonds is 7. The lowest BCUT2D eigenvalue weighted by molar-refractivity contribution is -0.137. The number of nitrogens with zero attached hydrogens (tertiary/aromatic N) is 1. The van der Waals surface area contributed by atoms with E-state index in [1.54, 1.807) is 4.90 Å². The van der Waals surface area contributed by atoms with Gasteiger partial charge >= 0.3 is 0 Å². The molecule has 1 saturated heterocycles. The minimum Gasteiger partial charge on any atom is -0.495 e. The van der Waals surface area contributed by atoms with E-state index in [0.29, 0.717) is 32.1 Å². The number of hydrogen-bond donors (Lipinski definition) is 1. The maximum atomic E-state index is 13.1. The molecule has 0 saturated carbocycles. The molecule has 1 N–H and O–H groups in total. The Morgan fingerprint density at radius 1 is 1.21 bits per heavy atom. The summed E-state index contributed by atoms with van der Waals surface area (Å²) in [6, 6.07) is 12.5. The zero-order valence-corrected chi connectivity index (χ0v) is 17.6. The Bertz CT molecular complexity index is 947. The summed E-state index contributed by atoms with van der Waals surface area (Å²) in [5.74, 6) is 0.0937. The molecule has 1 aliphatic heterocycles. The Morgan fingerprint density at radius 2 is 1.90 bits per heavy atom. The highest BCUT2D eigenvalue weighted by Gasteiger charge is 2.30. The second-order valence-electron chi connectivity index (χ2n) is 6.60. The van der Waals surface area contributed by atoms with Crippen molar-refractivity contribution in [1.82, 2.24) is 9.62 Å². The maximum Gasteiger partial charge on any atom is 0.241 e. The van der Waals surface area contributed by atoms with Crippen molar-refractivity contribution in [3.63, 3.8) is 0 Å². The fourth-order valence-corrected chi connectivity index (χ4v) is 4.64. The highest BCUT2D eigenvalue weighted by Crippen LogP contribution is 2.27. The SMILES string of the molecule is COc1ccc(S(=O)(=O)N[C@@H](Cc2ccccc2)C(=O)N2CCOCC2)cc1Cl. The van der Waals surface area contributed by atoms with Crippen LogP contribution in [-0.2, 0) is 26.0 Å². The predicted octanol–water partition coefficient (Wildman–Crippen LogP) is 2.10. The van der Waals surface area contributed by atoms with Crippen LogP contribution in [0.25, 0.3) is 0 Å². The van der Waals surface area contributed by atoms with Crippen LogP contribution in [0.15, 0.2) is 53.4 Å². The first-order valence-electron chi connectivity index (χ1n) is 9.17. The second kappa shape index (κ2) is 9.58. The molecule has 7 nitrogen and oxygen atoms in total. The zero-order chi connectivity index (χ0) is 20.9. The summed E-state index contributed by atoms with van der Waals surface area (Å²) in [6.07, 6.45) is 0.236. The third-order valence-electron chi connectivity index (χ3n) is 4.63. The van der Waals surface area contributed by atoms with Crippen LogP contribution in [0.2, 0.25) is 5.02 Å². The van der Waals surface area contributed by atoms with Gasteiger partial charge in [0.05, 0.1) is 30.2 Å². The number of morpholine rings is 1. The summed E-state index contributed by atoms with van der Waals surface area (Å²) in [5, 5.41) is 0.175. The number of benzene rings is 2. The first-order valence-corrected chi connectivity index (χ1v) is 11.0. The van der Waals surface area contributed by atoms with Gasteiger partial charge in [0.25, 0.3) is 0 Å². The van der Waals surface area contributed by atoms with E-state index < -0.39 is 16.1 Å². The van der Waals surface area contributed by atoms with Gasteiger partial charge in [-0.2, -0.15) is 4.72 Å². The van der Waals surface area contributed by atoms with Crippen LogP contribution in [0.4, 0.5) is 0 Å². The predicted molar refractivity (Wildman–Crippen MR) is 110 cm³/mol. The quantitative estimate of drug-likeness (QED) is 0.715. The molecule has 0 radical (unpaired) electrons. The first-order chi connectivity index (χ1) is 13.9. The Labute approximate surface area is 175 Å².